The summed E-state index contributed by atoms with van der Waals surface area (Å²) in [7, 11) is 0. The van der Waals surface area contributed by atoms with Crippen molar-refractivity contribution in [2.24, 2.45) is 22.2 Å². The molecular weight excluding hydrogens is 220 g/mol. The summed E-state index contributed by atoms with van der Waals surface area (Å²) >= 11 is 5.67. The minimum atomic E-state index is -0.117. The summed E-state index contributed by atoms with van der Waals surface area (Å²) in [5.74, 6) is 0.863. The summed E-state index contributed by atoms with van der Waals surface area (Å²) < 4.78 is 0. The maximum absolute atomic E-state index is 11.3. The third-order valence-corrected chi connectivity index (χ3v) is 5.39. The molecule has 0 N–H and O–H groups in total. The van der Waals surface area contributed by atoms with Crippen LogP contribution in [0.1, 0.15) is 58.8 Å². The van der Waals surface area contributed by atoms with Crippen molar-refractivity contribution in [1.29, 1.82) is 0 Å². The first-order chi connectivity index (χ1) is 7.32. The number of carbonyl (C=O) groups excluding carboxylic acids is 1. The van der Waals surface area contributed by atoms with E-state index < -0.39 is 0 Å². The van der Waals surface area contributed by atoms with Crippen LogP contribution in [-0.4, -0.2) is 5.24 Å². The van der Waals surface area contributed by atoms with Crippen LogP contribution in [0.25, 0.3) is 0 Å². The number of hydrogen-bond acceptors (Lipinski definition) is 1. The smallest absolute Gasteiger partial charge is 0.222 e. The summed E-state index contributed by atoms with van der Waals surface area (Å²) in [5.41, 5.74) is 1.27. The summed E-state index contributed by atoms with van der Waals surface area (Å²) in [5, 5.41) is -0.117. The first kappa shape index (κ1) is 11.1. The number of carbonyl (C=O) groups is 1. The number of rotatable bonds is 2. The van der Waals surface area contributed by atoms with E-state index in [-0.39, 0.29) is 10.7 Å². The molecule has 4 bridgehead atoms. The van der Waals surface area contributed by atoms with Gasteiger partial charge in [-0.3, -0.25) is 4.79 Å². The Morgan fingerprint density at radius 3 is 2.12 bits per heavy atom. The molecule has 0 amide bonds. The van der Waals surface area contributed by atoms with E-state index in [1.54, 1.807) is 0 Å². The molecule has 16 heavy (non-hydrogen) atoms. The molecule has 1 nitrogen and oxygen atoms in total. The van der Waals surface area contributed by atoms with Crippen molar-refractivity contribution < 1.29 is 4.79 Å². The number of hydrogen-bond donors (Lipinski definition) is 0. The molecule has 0 aromatic rings. The quantitative estimate of drug-likeness (QED) is 0.663. The van der Waals surface area contributed by atoms with Gasteiger partial charge in [-0.2, -0.15) is 0 Å². The van der Waals surface area contributed by atoms with Crippen LogP contribution >= 0.6 is 11.6 Å². The van der Waals surface area contributed by atoms with Crippen LogP contribution < -0.4 is 0 Å². The minimum Gasteiger partial charge on any atom is -0.281 e. The van der Waals surface area contributed by atoms with Crippen molar-refractivity contribution in [3.8, 4) is 0 Å². The van der Waals surface area contributed by atoms with Gasteiger partial charge in [0.05, 0.1) is 0 Å². The van der Waals surface area contributed by atoms with Gasteiger partial charge in [0.15, 0.2) is 0 Å². The van der Waals surface area contributed by atoms with Crippen molar-refractivity contribution in [2.45, 2.75) is 58.8 Å². The molecule has 2 unspecified atom stereocenters. The van der Waals surface area contributed by atoms with Gasteiger partial charge in [-0.15, -0.1) is 0 Å². The van der Waals surface area contributed by atoms with Gasteiger partial charge in [-0.1, -0.05) is 13.8 Å². The van der Waals surface area contributed by atoms with Crippen LogP contribution in [0.15, 0.2) is 0 Å². The summed E-state index contributed by atoms with van der Waals surface area (Å²) in [6.07, 6.45) is 8.51. The molecule has 0 saturated heterocycles. The lowest BCUT2D eigenvalue weighted by atomic mass is 9.40. The molecule has 4 rings (SSSR count). The van der Waals surface area contributed by atoms with Gasteiger partial charge in [0.1, 0.15) is 0 Å². The summed E-state index contributed by atoms with van der Waals surface area (Å²) in [4.78, 5) is 11.3. The van der Waals surface area contributed by atoms with Gasteiger partial charge >= 0.3 is 0 Å². The van der Waals surface area contributed by atoms with E-state index in [4.69, 9.17) is 11.6 Å². The van der Waals surface area contributed by atoms with Crippen molar-refractivity contribution in [3.05, 3.63) is 0 Å². The highest BCUT2D eigenvalue weighted by atomic mass is 35.5. The van der Waals surface area contributed by atoms with Crippen LogP contribution in [0, 0.1) is 22.2 Å². The molecule has 4 saturated carbocycles. The molecule has 2 atom stereocenters. The zero-order chi connectivity index (χ0) is 11.6. The lowest BCUT2D eigenvalue weighted by Crippen LogP contribution is -2.55. The van der Waals surface area contributed by atoms with Gasteiger partial charge < -0.3 is 0 Å². The Bertz CT molecular complexity index is 331. The van der Waals surface area contributed by atoms with E-state index in [1.807, 2.05) is 0 Å². The molecule has 4 fully saturated rings. The SMILES string of the molecule is CC12CC3CC(C)(C1)CC(CC(=O)Cl)(C3)C2. The molecule has 4 aliphatic carbocycles. The van der Waals surface area contributed by atoms with Crippen molar-refractivity contribution in [2.75, 3.05) is 0 Å². The van der Waals surface area contributed by atoms with Gasteiger partial charge in [0.25, 0.3) is 0 Å². The lowest BCUT2D eigenvalue weighted by molar-refractivity contribution is -0.152. The van der Waals surface area contributed by atoms with Gasteiger partial charge in [0, 0.05) is 6.42 Å². The van der Waals surface area contributed by atoms with E-state index in [0.717, 1.165) is 5.92 Å². The molecule has 0 radical (unpaired) electrons. The van der Waals surface area contributed by atoms with Crippen LogP contribution in [0.2, 0.25) is 0 Å². The average Bonchev–Trinajstić information content (AvgIpc) is 1.91. The van der Waals surface area contributed by atoms with Crippen LogP contribution in [0.3, 0.4) is 0 Å². The van der Waals surface area contributed by atoms with Gasteiger partial charge in [0.2, 0.25) is 5.24 Å². The first-order valence-corrected chi connectivity index (χ1v) is 6.88. The second kappa shape index (κ2) is 3.04. The fourth-order valence-electron chi connectivity index (χ4n) is 6.18. The Kier molecular flexibility index (Phi) is 2.11. The zero-order valence-electron chi connectivity index (χ0n) is 10.3. The fourth-order valence-corrected chi connectivity index (χ4v) is 6.46. The molecule has 0 heterocycles. The van der Waals surface area contributed by atoms with Crippen LogP contribution in [-0.2, 0) is 4.79 Å². The molecule has 0 aromatic heterocycles. The van der Waals surface area contributed by atoms with E-state index in [0.29, 0.717) is 17.3 Å². The molecule has 0 aromatic carbocycles. The van der Waals surface area contributed by atoms with Gasteiger partial charge in [-0.25, -0.2) is 0 Å². The highest BCUT2D eigenvalue weighted by Gasteiger charge is 2.60. The maximum Gasteiger partial charge on any atom is 0.222 e. The van der Waals surface area contributed by atoms with E-state index in [9.17, 15) is 4.79 Å². The van der Waals surface area contributed by atoms with E-state index in [1.165, 1.54) is 38.5 Å². The van der Waals surface area contributed by atoms with Gasteiger partial charge in [-0.05, 0) is 72.3 Å². The third-order valence-electron chi connectivity index (χ3n) is 5.26. The highest BCUT2D eigenvalue weighted by Crippen LogP contribution is 2.70. The Hall–Kier alpha value is -0.0400. The predicted octanol–water partition coefficient (Wildman–Crippen LogP) is 4.14. The van der Waals surface area contributed by atoms with Crippen LogP contribution in [0.4, 0.5) is 0 Å². The molecule has 90 valence electrons. The first-order valence-electron chi connectivity index (χ1n) is 6.51. The Labute approximate surface area is 103 Å². The molecular formula is C14H21ClO. The minimum absolute atomic E-state index is 0.117. The monoisotopic (exact) mass is 240 g/mol. The normalized spacial score (nSPS) is 54.3. The van der Waals surface area contributed by atoms with E-state index in [2.05, 4.69) is 13.8 Å². The molecule has 0 spiro atoms. The second-order valence-corrected chi connectivity index (χ2v) is 8.08. The summed E-state index contributed by atoms with van der Waals surface area (Å²) in [6.45, 7) is 4.87. The number of halogens is 1. The Morgan fingerprint density at radius 1 is 1.12 bits per heavy atom. The lowest BCUT2D eigenvalue weighted by Gasteiger charge is -2.65. The standard InChI is InChI=1S/C14H21ClO/c1-12-3-10-4-13(2,7-12)9-14(5-10,8-12)6-11(15)16/h10H,3-9H2,1-2H3. The molecule has 0 aliphatic heterocycles. The Balaban J connectivity index is 1.95. The largest absolute Gasteiger partial charge is 0.281 e. The topological polar surface area (TPSA) is 17.1 Å². The van der Waals surface area contributed by atoms with E-state index >= 15 is 0 Å². The highest BCUT2D eigenvalue weighted by molar-refractivity contribution is 6.63. The maximum atomic E-state index is 11.3. The second-order valence-electron chi connectivity index (χ2n) is 7.66. The van der Waals surface area contributed by atoms with Crippen molar-refractivity contribution in [3.63, 3.8) is 0 Å². The van der Waals surface area contributed by atoms with Crippen molar-refractivity contribution >= 4 is 16.8 Å². The van der Waals surface area contributed by atoms with Crippen LogP contribution in [0.5, 0.6) is 0 Å². The predicted molar refractivity (Wildman–Crippen MR) is 65.3 cm³/mol. The summed E-state index contributed by atoms with van der Waals surface area (Å²) in [6, 6.07) is 0. The Morgan fingerprint density at radius 2 is 1.69 bits per heavy atom. The third kappa shape index (κ3) is 1.63. The van der Waals surface area contributed by atoms with Crippen molar-refractivity contribution in [1.82, 2.24) is 0 Å². The molecule has 2 heteroatoms. The fraction of sp³-hybridized carbons (Fsp3) is 0.929. The average molecular weight is 241 g/mol. The molecule has 4 aliphatic rings. The zero-order valence-corrected chi connectivity index (χ0v) is 11.1.